The Labute approximate surface area is 120 Å². The standard InChI is InChI=1S/C17H25F2N/c1-11(2)20-17(13-7-5-4-6-8-13)14-9-12(3)15(18)10-16(14)19/h9-11,13,17,20H,4-8H2,1-3H3. The molecule has 112 valence electrons. The molecule has 1 aliphatic carbocycles. The number of halogens is 2. The topological polar surface area (TPSA) is 12.0 Å². The van der Waals surface area contributed by atoms with Crippen LogP contribution in [0.5, 0.6) is 0 Å². The van der Waals surface area contributed by atoms with Crippen LogP contribution >= 0.6 is 0 Å². The number of nitrogens with one attached hydrogen (secondary N) is 1. The zero-order valence-corrected chi connectivity index (χ0v) is 12.7. The van der Waals surface area contributed by atoms with Gasteiger partial charge in [0, 0.05) is 23.7 Å². The molecule has 1 nitrogen and oxygen atoms in total. The normalized spacial score (nSPS) is 18.5. The Bertz CT molecular complexity index is 451. The van der Waals surface area contributed by atoms with E-state index in [1.807, 2.05) is 0 Å². The predicted octanol–water partition coefficient (Wildman–Crippen LogP) is 4.89. The summed E-state index contributed by atoms with van der Waals surface area (Å²) in [6, 6.07) is 2.99. The molecule has 20 heavy (non-hydrogen) atoms. The number of hydrogen-bond acceptors (Lipinski definition) is 1. The molecule has 1 saturated carbocycles. The monoisotopic (exact) mass is 281 g/mol. The Kier molecular flexibility index (Phi) is 5.14. The van der Waals surface area contributed by atoms with Crippen LogP contribution in [0.1, 0.15) is 63.1 Å². The fourth-order valence-electron chi connectivity index (χ4n) is 3.22. The molecule has 0 spiro atoms. The summed E-state index contributed by atoms with van der Waals surface area (Å²) >= 11 is 0. The number of hydrogen-bond donors (Lipinski definition) is 1. The highest BCUT2D eigenvalue weighted by Crippen LogP contribution is 2.36. The Morgan fingerprint density at radius 2 is 1.70 bits per heavy atom. The van der Waals surface area contributed by atoms with Crippen molar-refractivity contribution in [1.29, 1.82) is 0 Å². The van der Waals surface area contributed by atoms with Gasteiger partial charge in [-0.2, -0.15) is 0 Å². The van der Waals surface area contributed by atoms with Crippen LogP contribution in [0.3, 0.4) is 0 Å². The van der Waals surface area contributed by atoms with E-state index in [1.165, 1.54) is 19.3 Å². The lowest BCUT2D eigenvalue weighted by molar-refractivity contribution is 0.255. The van der Waals surface area contributed by atoms with Crippen molar-refractivity contribution in [3.63, 3.8) is 0 Å². The lowest BCUT2D eigenvalue weighted by Crippen LogP contribution is -2.35. The van der Waals surface area contributed by atoms with Crippen LogP contribution in [-0.4, -0.2) is 6.04 Å². The van der Waals surface area contributed by atoms with Gasteiger partial charge in [-0.3, -0.25) is 0 Å². The van der Waals surface area contributed by atoms with E-state index < -0.39 is 11.6 Å². The first kappa shape index (κ1) is 15.4. The SMILES string of the molecule is Cc1cc(C(NC(C)C)C2CCCCC2)c(F)cc1F. The summed E-state index contributed by atoms with van der Waals surface area (Å²) < 4.78 is 27.7. The molecule has 1 fully saturated rings. The van der Waals surface area contributed by atoms with Gasteiger partial charge in [0.05, 0.1) is 0 Å². The summed E-state index contributed by atoms with van der Waals surface area (Å²) in [6.45, 7) is 5.85. The molecule has 1 atom stereocenters. The van der Waals surface area contributed by atoms with Gasteiger partial charge in [0.15, 0.2) is 0 Å². The van der Waals surface area contributed by atoms with Gasteiger partial charge in [-0.25, -0.2) is 8.78 Å². The average Bonchev–Trinajstić information content (AvgIpc) is 2.41. The second-order valence-corrected chi connectivity index (χ2v) is 6.32. The first-order valence-corrected chi connectivity index (χ1v) is 7.70. The van der Waals surface area contributed by atoms with Crippen molar-refractivity contribution in [3.05, 3.63) is 34.9 Å². The molecule has 0 saturated heterocycles. The zero-order chi connectivity index (χ0) is 14.7. The van der Waals surface area contributed by atoms with Crippen LogP contribution in [0.4, 0.5) is 8.78 Å². The minimum atomic E-state index is -0.460. The highest BCUT2D eigenvalue weighted by atomic mass is 19.1. The second kappa shape index (κ2) is 6.66. The summed E-state index contributed by atoms with van der Waals surface area (Å²) in [7, 11) is 0. The summed E-state index contributed by atoms with van der Waals surface area (Å²) in [5.41, 5.74) is 1.15. The summed E-state index contributed by atoms with van der Waals surface area (Å²) in [5, 5.41) is 3.49. The number of rotatable bonds is 4. The maximum atomic E-state index is 14.2. The van der Waals surface area contributed by atoms with Gasteiger partial charge < -0.3 is 5.32 Å². The third-order valence-corrected chi connectivity index (χ3v) is 4.25. The van der Waals surface area contributed by atoms with Crippen molar-refractivity contribution in [2.45, 2.75) is 65.0 Å². The van der Waals surface area contributed by atoms with E-state index in [4.69, 9.17) is 0 Å². The maximum Gasteiger partial charge on any atom is 0.130 e. The molecule has 1 aromatic carbocycles. The van der Waals surface area contributed by atoms with Crippen LogP contribution in [0.2, 0.25) is 0 Å². The molecule has 2 rings (SSSR count). The van der Waals surface area contributed by atoms with E-state index in [9.17, 15) is 8.78 Å². The predicted molar refractivity (Wildman–Crippen MR) is 78.7 cm³/mol. The molecule has 0 amide bonds. The summed E-state index contributed by atoms with van der Waals surface area (Å²) in [4.78, 5) is 0. The van der Waals surface area contributed by atoms with E-state index in [1.54, 1.807) is 13.0 Å². The van der Waals surface area contributed by atoms with Crippen molar-refractivity contribution in [2.75, 3.05) is 0 Å². The Morgan fingerprint density at radius 3 is 2.30 bits per heavy atom. The molecular formula is C17H25F2N. The van der Waals surface area contributed by atoms with Crippen LogP contribution in [-0.2, 0) is 0 Å². The Balaban J connectivity index is 2.32. The summed E-state index contributed by atoms with van der Waals surface area (Å²) in [6.07, 6.45) is 5.95. The van der Waals surface area contributed by atoms with Crippen LogP contribution < -0.4 is 5.32 Å². The van der Waals surface area contributed by atoms with E-state index in [-0.39, 0.29) is 12.1 Å². The molecule has 0 radical (unpaired) electrons. The highest BCUT2D eigenvalue weighted by molar-refractivity contribution is 5.29. The van der Waals surface area contributed by atoms with Gasteiger partial charge in [-0.1, -0.05) is 33.1 Å². The van der Waals surface area contributed by atoms with Gasteiger partial charge in [0.1, 0.15) is 11.6 Å². The van der Waals surface area contributed by atoms with Crippen LogP contribution in [0.15, 0.2) is 12.1 Å². The Morgan fingerprint density at radius 1 is 1.05 bits per heavy atom. The summed E-state index contributed by atoms with van der Waals surface area (Å²) in [5.74, 6) is -0.430. The molecule has 1 aliphatic rings. The highest BCUT2D eigenvalue weighted by Gasteiger charge is 2.28. The Hall–Kier alpha value is -0.960. The van der Waals surface area contributed by atoms with Crippen molar-refractivity contribution in [1.82, 2.24) is 5.32 Å². The van der Waals surface area contributed by atoms with Crippen molar-refractivity contribution in [2.24, 2.45) is 5.92 Å². The first-order valence-electron chi connectivity index (χ1n) is 7.70. The quantitative estimate of drug-likeness (QED) is 0.828. The third-order valence-electron chi connectivity index (χ3n) is 4.25. The molecule has 1 unspecified atom stereocenters. The molecule has 0 aromatic heterocycles. The second-order valence-electron chi connectivity index (χ2n) is 6.32. The van der Waals surface area contributed by atoms with E-state index in [0.717, 1.165) is 18.9 Å². The molecular weight excluding hydrogens is 256 g/mol. The third kappa shape index (κ3) is 3.57. The lowest BCUT2D eigenvalue weighted by atomic mass is 9.80. The minimum Gasteiger partial charge on any atom is -0.307 e. The van der Waals surface area contributed by atoms with Crippen LogP contribution in [0, 0.1) is 24.5 Å². The lowest BCUT2D eigenvalue weighted by Gasteiger charge is -2.33. The van der Waals surface area contributed by atoms with E-state index in [2.05, 4.69) is 19.2 Å². The van der Waals surface area contributed by atoms with Crippen molar-refractivity contribution in [3.8, 4) is 0 Å². The van der Waals surface area contributed by atoms with Gasteiger partial charge in [-0.15, -0.1) is 0 Å². The maximum absolute atomic E-state index is 14.2. The fourth-order valence-corrected chi connectivity index (χ4v) is 3.22. The molecule has 1 N–H and O–H groups in total. The smallest absolute Gasteiger partial charge is 0.130 e. The minimum absolute atomic E-state index is 0.00500. The molecule has 0 bridgehead atoms. The van der Waals surface area contributed by atoms with Crippen molar-refractivity contribution >= 4 is 0 Å². The molecule has 0 heterocycles. The molecule has 0 aliphatic heterocycles. The van der Waals surface area contributed by atoms with Crippen LogP contribution in [0.25, 0.3) is 0 Å². The van der Waals surface area contributed by atoms with Gasteiger partial charge in [0.25, 0.3) is 0 Å². The molecule has 1 aromatic rings. The number of benzene rings is 1. The molecule has 3 heteroatoms. The first-order chi connectivity index (χ1) is 9.49. The fraction of sp³-hybridized carbons (Fsp3) is 0.647. The largest absolute Gasteiger partial charge is 0.307 e. The zero-order valence-electron chi connectivity index (χ0n) is 12.7. The van der Waals surface area contributed by atoms with Crippen molar-refractivity contribution < 1.29 is 8.78 Å². The van der Waals surface area contributed by atoms with Gasteiger partial charge in [0.2, 0.25) is 0 Å². The average molecular weight is 281 g/mol. The van der Waals surface area contributed by atoms with E-state index in [0.29, 0.717) is 17.0 Å². The number of aryl methyl sites for hydroxylation is 1. The van der Waals surface area contributed by atoms with Gasteiger partial charge in [-0.05, 0) is 37.3 Å². The van der Waals surface area contributed by atoms with Gasteiger partial charge >= 0.3 is 0 Å². The van der Waals surface area contributed by atoms with E-state index >= 15 is 0 Å².